The van der Waals surface area contributed by atoms with E-state index in [0.717, 1.165) is 96.3 Å². The molecule has 6 atom stereocenters. The van der Waals surface area contributed by atoms with Crippen molar-refractivity contribution in [1.29, 1.82) is 0 Å². The highest BCUT2D eigenvalue weighted by atomic mass is 32.2. The van der Waals surface area contributed by atoms with Crippen molar-refractivity contribution in [1.82, 2.24) is 0 Å². The zero-order chi connectivity index (χ0) is 44.1. The molecule has 1 aliphatic rings. The standard InChI is InChI=1S/C47H78O12S/c1-3-5-7-9-11-13-15-17-19-20-22-23-25-27-29-31-33-35-42(48)56-37-40(38-57-47-46(52)45(51)44(50)41(59-47)39-60(53,54)55)58-43(49)36-34-32-30-28-26-24-21-18-16-14-12-10-8-6-4-2/h6,8,11-14,17-19,21-23,40-41,44-47,50-52H,3-5,7,9-10,15-16,20,24-39H2,1-2H3,(H,53,54,55)/b8-6+,13-11+,14-12+,19-17+,21-18+,23-22+/t40-,41-,44-,45?,46?,47+/m1/s1. The summed E-state index contributed by atoms with van der Waals surface area (Å²) in [4.78, 5) is 25.4. The van der Waals surface area contributed by atoms with Crippen LogP contribution >= 0.6 is 0 Å². The molecule has 0 bridgehead atoms. The third kappa shape index (κ3) is 31.0. The van der Waals surface area contributed by atoms with E-state index >= 15 is 0 Å². The van der Waals surface area contributed by atoms with Crippen LogP contribution in [0, 0.1) is 0 Å². The largest absolute Gasteiger partial charge is 0.462 e. The van der Waals surface area contributed by atoms with E-state index in [4.69, 9.17) is 18.9 Å². The predicted octanol–water partition coefficient (Wildman–Crippen LogP) is 9.11. The Morgan fingerprint density at radius 3 is 1.57 bits per heavy atom. The number of aliphatic hydroxyl groups excluding tert-OH is 3. The van der Waals surface area contributed by atoms with Gasteiger partial charge in [0.15, 0.2) is 12.4 Å². The van der Waals surface area contributed by atoms with E-state index in [1.54, 1.807) is 0 Å². The van der Waals surface area contributed by atoms with Gasteiger partial charge in [-0.05, 0) is 83.5 Å². The number of esters is 2. The van der Waals surface area contributed by atoms with Crippen LogP contribution in [-0.4, -0.2) is 96.0 Å². The van der Waals surface area contributed by atoms with Crippen molar-refractivity contribution in [3.8, 4) is 0 Å². The predicted molar refractivity (Wildman–Crippen MR) is 238 cm³/mol. The highest BCUT2D eigenvalue weighted by molar-refractivity contribution is 7.85. The van der Waals surface area contributed by atoms with E-state index in [0.29, 0.717) is 12.8 Å². The van der Waals surface area contributed by atoms with Crippen LogP contribution in [0.4, 0.5) is 0 Å². The fraction of sp³-hybridized carbons (Fsp3) is 0.702. The van der Waals surface area contributed by atoms with Gasteiger partial charge in [-0.1, -0.05) is 132 Å². The molecule has 0 saturated carbocycles. The van der Waals surface area contributed by atoms with Gasteiger partial charge in [0.05, 0.1) is 6.61 Å². The van der Waals surface area contributed by atoms with Crippen molar-refractivity contribution in [3.63, 3.8) is 0 Å². The van der Waals surface area contributed by atoms with Crippen LogP contribution in [-0.2, 0) is 38.7 Å². The zero-order valence-electron chi connectivity index (χ0n) is 36.5. The van der Waals surface area contributed by atoms with Crippen LogP contribution in [0.25, 0.3) is 0 Å². The molecule has 12 nitrogen and oxygen atoms in total. The Morgan fingerprint density at radius 2 is 1.05 bits per heavy atom. The molecule has 60 heavy (non-hydrogen) atoms. The van der Waals surface area contributed by atoms with Gasteiger partial charge in [0.2, 0.25) is 0 Å². The summed E-state index contributed by atoms with van der Waals surface area (Å²) in [5.74, 6) is -2.04. The van der Waals surface area contributed by atoms with E-state index in [-0.39, 0.29) is 19.4 Å². The van der Waals surface area contributed by atoms with Crippen molar-refractivity contribution >= 4 is 22.1 Å². The van der Waals surface area contributed by atoms with Crippen molar-refractivity contribution in [2.75, 3.05) is 19.0 Å². The molecule has 0 amide bonds. The SMILES string of the molecule is CC/C=C/C/C=C/C/C=C/CCCCCCCC(=O)O[C@H](COC(=O)CCCCCC/C=C/C/C=C/C/C=C/CCCCC)CO[C@H]1O[C@H](CS(=O)(=O)O)[C@@H](O)C(O)C1O. The van der Waals surface area contributed by atoms with Crippen molar-refractivity contribution in [2.24, 2.45) is 0 Å². The van der Waals surface area contributed by atoms with E-state index in [2.05, 4.69) is 86.8 Å². The lowest BCUT2D eigenvalue weighted by atomic mass is 10.00. The Labute approximate surface area is 361 Å². The van der Waals surface area contributed by atoms with Crippen molar-refractivity contribution in [3.05, 3.63) is 72.9 Å². The average molecular weight is 867 g/mol. The van der Waals surface area contributed by atoms with E-state index in [1.165, 1.54) is 19.3 Å². The monoisotopic (exact) mass is 867 g/mol. The average Bonchev–Trinajstić information content (AvgIpc) is 3.21. The molecule has 1 heterocycles. The first-order chi connectivity index (χ1) is 29.0. The molecule has 344 valence electrons. The van der Waals surface area contributed by atoms with Gasteiger partial charge in [-0.15, -0.1) is 0 Å². The van der Waals surface area contributed by atoms with Crippen molar-refractivity contribution < 1.29 is 56.8 Å². The summed E-state index contributed by atoms with van der Waals surface area (Å²) in [6.07, 6.45) is 36.6. The molecule has 0 aromatic heterocycles. The highest BCUT2D eigenvalue weighted by Crippen LogP contribution is 2.24. The summed E-state index contributed by atoms with van der Waals surface area (Å²) in [6, 6.07) is 0. The molecule has 0 aromatic rings. The van der Waals surface area contributed by atoms with E-state index in [1.807, 2.05) is 0 Å². The van der Waals surface area contributed by atoms with Crippen LogP contribution in [0.2, 0.25) is 0 Å². The molecule has 0 aromatic carbocycles. The second kappa shape index (κ2) is 36.7. The Balaban J connectivity index is 2.48. The second-order valence-electron chi connectivity index (χ2n) is 15.3. The Morgan fingerprint density at radius 1 is 0.583 bits per heavy atom. The molecular weight excluding hydrogens is 789 g/mol. The van der Waals surface area contributed by atoms with Gasteiger partial charge < -0.3 is 34.3 Å². The minimum absolute atomic E-state index is 0.136. The number of hydrogen-bond acceptors (Lipinski definition) is 11. The maximum atomic E-state index is 12.8. The summed E-state index contributed by atoms with van der Waals surface area (Å²) in [7, 11) is -4.61. The lowest BCUT2D eigenvalue weighted by Gasteiger charge is -2.40. The van der Waals surface area contributed by atoms with Gasteiger partial charge in [0.1, 0.15) is 36.8 Å². The first-order valence-corrected chi connectivity index (χ1v) is 24.1. The first-order valence-electron chi connectivity index (χ1n) is 22.5. The Kier molecular flexibility index (Phi) is 33.7. The summed E-state index contributed by atoms with van der Waals surface area (Å²) >= 11 is 0. The lowest BCUT2D eigenvalue weighted by Crippen LogP contribution is -2.60. The smallest absolute Gasteiger partial charge is 0.306 e. The van der Waals surface area contributed by atoms with Gasteiger partial charge in [0, 0.05) is 12.8 Å². The van der Waals surface area contributed by atoms with Crippen LogP contribution in [0.3, 0.4) is 0 Å². The molecule has 1 aliphatic heterocycles. The zero-order valence-corrected chi connectivity index (χ0v) is 37.3. The number of aliphatic hydroxyl groups is 3. The molecule has 1 fully saturated rings. The minimum Gasteiger partial charge on any atom is -0.462 e. The number of allylic oxidation sites excluding steroid dienone is 12. The number of carbonyl (C=O) groups is 2. The molecular formula is C47H78O12S. The molecule has 1 rings (SSSR count). The minimum atomic E-state index is -4.61. The number of ether oxygens (including phenoxy) is 4. The Hall–Kier alpha value is -2.91. The number of rotatable bonds is 36. The van der Waals surface area contributed by atoms with Crippen LogP contribution in [0.5, 0.6) is 0 Å². The van der Waals surface area contributed by atoms with Crippen LogP contribution in [0.15, 0.2) is 72.9 Å². The molecule has 0 radical (unpaired) electrons. The van der Waals surface area contributed by atoms with Crippen molar-refractivity contribution in [2.45, 2.75) is 192 Å². The molecule has 0 spiro atoms. The fourth-order valence-corrected chi connectivity index (χ4v) is 6.98. The Bertz CT molecular complexity index is 1390. The van der Waals surface area contributed by atoms with E-state index in [9.17, 15) is 37.9 Å². The summed E-state index contributed by atoms with van der Waals surface area (Å²) < 4.78 is 54.0. The van der Waals surface area contributed by atoms with Crippen LogP contribution < -0.4 is 0 Å². The molecule has 0 aliphatic carbocycles. The normalized spacial score (nSPS) is 20.8. The third-order valence-corrected chi connectivity index (χ3v) is 10.5. The van der Waals surface area contributed by atoms with Crippen LogP contribution in [0.1, 0.15) is 155 Å². The number of carbonyl (C=O) groups excluding carboxylic acids is 2. The second-order valence-corrected chi connectivity index (χ2v) is 16.8. The molecule has 13 heteroatoms. The fourth-order valence-electron chi connectivity index (χ4n) is 6.28. The maximum Gasteiger partial charge on any atom is 0.306 e. The topological polar surface area (TPSA) is 186 Å². The quantitative estimate of drug-likeness (QED) is 0.0203. The van der Waals surface area contributed by atoms with E-state index < -0.39 is 71.2 Å². The maximum absolute atomic E-state index is 12.8. The summed E-state index contributed by atoms with van der Waals surface area (Å²) in [6.45, 7) is 3.57. The molecule has 1 saturated heterocycles. The third-order valence-electron chi connectivity index (χ3n) is 9.77. The summed E-state index contributed by atoms with van der Waals surface area (Å²) in [5.41, 5.74) is 0. The first kappa shape index (κ1) is 55.1. The van der Waals surface area contributed by atoms with Gasteiger partial charge >= 0.3 is 11.9 Å². The van der Waals surface area contributed by atoms with Gasteiger partial charge in [-0.2, -0.15) is 8.42 Å². The number of unbranched alkanes of at least 4 members (excludes halogenated alkanes) is 12. The molecule has 2 unspecified atom stereocenters. The molecule has 4 N–H and O–H groups in total. The number of hydrogen-bond donors (Lipinski definition) is 4. The van der Waals surface area contributed by atoms with Gasteiger partial charge in [-0.25, -0.2) is 0 Å². The lowest BCUT2D eigenvalue weighted by molar-refractivity contribution is -0.297. The highest BCUT2D eigenvalue weighted by Gasteiger charge is 2.46. The van der Waals surface area contributed by atoms with Gasteiger partial charge in [-0.3, -0.25) is 14.1 Å². The van der Waals surface area contributed by atoms with Gasteiger partial charge in [0.25, 0.3) is 10.1 Å². The summed E-state index contributed by atoms with van der Waals surface area (Å²) in [5, 5.41) is 30.9.